The standard InChI is InChI=1S/C29H38N2O8S/c1-19(2)16-31(40(34,35)22-9-8-21-10-12-36-26(21)15-22)17-25(32)24(14-20-6-4-3-5-7-20)30-29(33)39-27-18-38-28-23(27)11-13-37-28/h3-9,15,19,23-25,27-28,32H,10-14,16-18H2,1-2H3,(H,30,33)/t23?,24-,25+,27?,28?/m0/s1. The Kier molecular flexibility index (Phi) is 8.96. The van der Waals surface area contributed by atoms with E-state index in [0.29, 0.717) is 19.0 Å². The van der Waals surface area contributed by atoms with Gasteiger partial charge in [0.1, 0.15) is 11.9 Å². The number of carbonyl (C=O) groups is 1. The summed E-state index contributed by atoms with van der Waals surface area (Å²) in [6, 6.07) is 13.5. The smallest absolute Gasteiger partial charge is 0.407 e. The normalized spacial score (nSPS) is 23.5. The van der Waals surface area contributed by atoms with Crippen LogP contribution in [0.1, 0.15) is 31.4 Å². The summed E-state index contributed by atoms with van der Waals surface area (Å²) >= 11 is 0. The minimum absolute atomic E-state index is 0.00194. The number of ether oxygens (including phenoxy) is 4. The van der Waals surface area contributed by atoms with Gasteiger partial charge in [-0.3, -0.25) is 0 Å². The molecule has 11 heteroatoms. The van der Waals surface area contributed by atoms with Gasteiger partial charge in [0.25, 0.3) is 0 Å². The Morgan fingerprint density at radius 1 is 1.12 bits per heavy atom. The summed E-state index contributed by atoms with van der Waals surface area (Å²) in [6.07, 6.45) is -0.923. The molecule has 2 aromatic rings. The fourth-order valence-electron chi connectivity index (χ4n) is 5.49. The maximum atomic E-state index is 13.8. The molecule has 2 N–H and O–H groups in total. The van der Waals surface area contributed by atoms with Crippen molar-refractivity contribution in [1.82, 2.24) is 9.62 Å². The lowest BCUT2D eigenvalue weighted by Gasteiger charge is -2.31. The number of nitrogens with zero attached hydrogens (tertiary/aromatic N) is 1. The molecule has 0 saturated carbocycles. The SMILES string of the molecule is CC(C)CN(C[C@@H](O)[C@H](Cc1ccccc1)NC(=O)OC1COC2OCCC12)S(=O)(=O)c1ccc2c(c1)OCC2. The van der Waals surface area contributed by atoms with Crippen molar-refractivity contribution in [2.75, 3.05) is 32.9 Å². The van der Waals surface area contributed by atoms with Crippen LogP contribution < -0.4 is 10.1 Å². The molecular weight excluding hydrogens is 536 g/mol. The summed E-state index contributed by atoms with van der Waals surface area (Å²) < 4.78 is 51.2. The first-order chi connectivity index (χ1) is 19.2. The van der Waals surface area contributed by atoms with E-state index < -0.39 is 34.4 Å². The molecule has 0 bridgehead atoms. The molecule has 3 unspecified atom stereocenters. The third kappa shape index (κ3) is 6.60. The van der Waals surface area contributed by atoms with Crippen LogP contribution in [0.2, 0.25) is 0 Å². The minimum atomic E-state index is -3.96. The van der Waals surface area contributed by atoms with Crippen LogP contribution in [-0.2, 0) is 37.1 Å². The Balaban J connectivity index is 1.33. The number of aliphatic hydroxyl groups is 1. The number of aliphatic hydroxyl groups excluding tert-OH is 1. The molecule has 5 rings (SSSR count). The summed E-state index contributed by atoms with van der Waals surface area (Å²) in [4.78, 5) is 13.1. The highest BCUT2D eigenvalue weighted by Crippen LogP contribution is 2.33. The number of nitrogens with one attached hydrogen (secondary N) is 1. The molecule has 0 aliphatic carbocycles. The van der Waals surface area contributed by atoms with E-state index >= 15 is 0 Å². The van der Waals surface area contributed by atoms with Crippen LogP contribution in [0.4, 0.5) is 4.79 Å². The summed E-state index contributed by atoms with van der Waals surface area (Å²) in [5.74, 6) is 0.552. The lowest BCUT2D eigenvalue weighted by Crippen LogP contribution is -2.51. The van der Waals surface area contributed by atoms with Crippen LogP contribution in [0, 0.1) is 11.8 Å². The molecule has 40 heavy (non-hydrogen) atoms. The Morgan fingerprint density at radius 3 is 2.70 bits per heavy atom. The van der Waals surface area contributed by atoms with Gasteiger partial charge in [-0.05, 0) is 36.0 Å². The first kappa shape index (κ1) is 28.8. The predicted molar refractivity (Wildman–Crippen MR) is 146 cm³/mol. The Hall–Kier alpha value is -2.70. The maximum Gasteiger partial charge on any atom is 0.407 e. The van der Waals surface area contributed by atoms with Gasteiger partial charge in [-0.15, -0.1) is 0 Å². The molecule has 3 aliphatic rings. The van der Waals surface area contributed by atoms with Crippen molar-refractivity contribution < 1.29 is 37.3 Å². The fourth-order valence-corrected chi connectivity index (χ4v) is 7.13. The highest BCUT2D eigenvalue weighted by atomic mass is 32.2. The number of carbonyl (C=O) groups excluding carboxylic acids is 1. The van der Waals surface area contributed by atoms with Crippen LogP contribution in [0.25, 0.3) is 0 Å². The molecular formula is C29H38N2O8S. The average Bonchev–Trinajstić information content (AvgIpc) is 3.66. The molecule has 2 aromatic carbocycles. The number of alkyl carbamates (subject to hydrolysis) is 1. The minimum Gasteiger partial charge on any atom is -0.493 e. The summed E-state index contributed by atoms with van der Waals surface area (Å²) in [5, 5.41) is 14.2. The largest absolute Gasteiger partial charge is 0.493 e. The fraction of sp³-hybridized carbons (Fsp3) is 0.552. The van der Waals surface area contributed by atoms with Gasteiger partial charge in [0, 0.05) is 25.6 Å². The molecule has 10 nitrogen and oxygen atoms in total. The number of hydrogen-bond donors (Lipinski definition) is 2. The van der Waals surface area contributed by atoms with Gasteiger partial charge in [0.05, 0.1) is 42.8 Å². The van der Waals surface area contributed by atoms with E-state index in [0.717, 1.165) is 24.0 Å². The number of sulfonamides is 1. The highest BCUT2D eigenvalue weighted by molar-refractivity contribution is 7.89. The van der Waals surface area contributed by atoms with Crippen molar-refractivity contribution in [3.8, 4) is 5.75 Å². The average molecular weight is 575 g/mol. The van der Waals surface area contributed by atoms with Gasteiger partial charge in [0.15, 0.2) is 6.29 Å². The van der Waals surface area contributed by atoms with E-state index in [2.05, 4.69) is 5.32 Å². The van der Waals surface area contributed by atoms with Crippen LogP contribution in [0.15, 0.2) is 53.4 Å². The van der Waals surface area contributed by atoms with Crippen LogP contribution in [-0.4, -0.2) is 81.4 Å². The second-order valence-electron chi connectivity index (χ2n) is 11.1. The Morgan fingerprint density at radius 2 is 1.93 bits per heavy atom. The van der Waals surface area contributed by atoms with E-state index in [4.69, 9.17) is 18.9 Å². The van der Waals surface area contributed by atoms with E-state index in [1.807, 2.05) is 44.2 Å². The number of benzene rings is 2. The zero-order valence-corrected chi connectivity index (χ0v) is 23.7. The van der Waals surface area contributed by atoms with Crippen molar-refractivity contribution >= 4 is 16.1 Å². The quantitative estimate of drug-likeness (QED) is 0.420. The van der Waals surface area contributed by atoms with E-state index in [1.165, 1.54) is 4.31 Å². The van der Waals surface area contributed by atoms with Gasteiger partial charge in [-0.1, -0.05) is 50.2 Å². The second kappa shape index (κ2) is 12.4. The van der Waals surface area contributed by atoms with Crippen molar-refractivity contribution in [2.45, 2.75) is 62.5 Å². The van der Waals surface area contributed by atoms with Gasteiger partial charge in [-0.25, -0.2) is 13.2 Å². The molecule has 1 amide bonds. The molecule has 0 spiro atoms. The van der Waals surface area contributed by atoms with Crippen molar-refractivity contribution in [3.63, 3.8) is 0 Å². The van der Waals surface area contributed by atoms with Gasteiger partial charge < -0.3 is 29.4 Å². The Labute approximate surface area is 235 Å². The van der Waals surface area contributed by atoms with Crippen LogP contribution in [0.5, 0.6) is 5.75 Å². The van der Waals surface area contributed by atoms with E-state index in [1.54, 1.807) is 18.2 Å². The van der Waals surface area contributed by atoms with E-state index in [9.17, 15) is 18.3 Å². The topological polar surface area (TPSA) is 124 Å². The molecule has 3 aliphatic heterocycles. The zero-order valence-electron chi connectivity index (χ0n) is 22.9. The Bertz CT molecular complexity index is 1270. The molecule has 2 saturated heterocycles. The van der Waals surface area contributed by atoms with E-state index in [-0.39, 0.29) is 49.1 Å². The van der Waals surface area contributed by atoms with Crippen molar-refractivity contribution in [3.05, 3.63) is 59.7 Å². The number of amides is 1. The molecule has 0 aromatic heterocycles. The third-order valence-electron chi connectivity index (χ3n) is 7.57. The molecule has 3 heterocycles. The van der Waals surface area contributed by atoms with Crippen molar-refractivity contribution in [1.29, 1.82) is 0 Å². The highest BCUT2D eigenvalue weighted by Gasteiger charge is 2.44. The van der Waals surface area contributed by atoms with Crippen LogP contribution in [0.3, 0.4) is 0 Å². The van der Waals surface area contributed by atoms with Crippen LogP contribution >= 0.6 is 0 Å². The molecule has 2 fully saturated rings. The van der Waals surface area contributed by atoms with Gasteiger partial charge in [0.2, 0.25) is 10.0 Å². The molecule has 5 atom stereocenters. The second-order valence-corrected chi connectivity index (χ2v) is 13.0. The lowest BCUT2D eigenvalue weighted by atomic mass is 10.0. The summed E-state index contributed by atoms with van der Waals surface area (Å²) in [5.41, 5.74) is 1.86. The molecule has 0 radical (unpaired) electrons. The lowest BCUT2D eigenvalue weighted by molar-refractivity contribution is -0.0907. The van der Waals surface area contributed by atoms with Gasteiger partial charge in [-0.2, -0.15) is 4.31 Å². The number of fused-ring (bicyclic) bond motifs is 2. The summed E-state index contributed by atoms with van der Waals surface area (Å²) in [6.45, 7) is 5.16. The maximum absolute atomic E-state index is 13.8. The van der Waals surface area contributed by atoms with Crippen molar-refractivity contribution in [2.24, 2.45) is 11.8 Å². The first-order valence-corrected chi connectivity index (χ1v) is 15.3. The monoisotopic (exact) mass is 574 g/mol. The third-order valence-corrected chi connectivity index (χ3v) is 9.40. The predicted octanol–water partition coefficient (Wildman–Crippen LogP) is 2.73. The van der Waals surface area contributed by atoms with Gasteiger partial charge >= 0.3 is 6.09 Å². The number of rotatable bonds is 11. The first-order valence-electron chi connectivity index (χ1n) is 13.9. The summed E-state index contributed by atoms with van der Waals surface area (Å²) in [7, 11) is -3.96. The zero-order chi connectivity index (χ0) is 28.3. The number of hydrogen-bond acceptors (Lipinski definition) is 8. The molecule has 218 valence electrons.